The highest BCUT2D eigenvalue weighted by atomic mass is 35.5. The summed E-state index contributed by atoms with van der Waals surface area (Å²) in [7, 11) is 0. The summed E-state index contributed by atoms with van der Waals surface area (Å²) in [5.74, 6) is 1.72. The van der Waals surface area contributed by atoms with E-state index in [4.69, 9.17) is 21.2 Å². The molecule has 1 aliphatic rings. The quantitative estimate of drug-likeness (QED) is 0.278. The molecule has 3 rings (SSSR count). The zero-order valence-electron chi connectivity index (χ0n) is 15.7. The van der Waals surface area contributed by atoms with E-state index in [2.05, 4.69) is 31.7 Å². The van der Waals surface area contributed by atoms with Gasteiger partial charge in [0, 0.05) is 32.7 Å². The van der Waals surface area contributed by atoms with Gasteiger partial charge >= 0.3 is 0 Å². The largest absolute Gasteiger partial charge is 0.492 e. The third-order valence-corrected chi connectivity index (χ3v) is 4.54. The normalized spacial score (nSPS) is 15.0. The molecule has 2 heterocycles. The minimum absolute atomic E-state index is 0.402. The van der Waals surface area contributed by atoms with Crippen molar-refractivity contribution in [1.29, 1.82) is 0 Å². The van der Waals surface area contributed by atoms with Gasteiger partial charge in [0.1, 0.15) is 19.0 Å². The summed E-state index contributed by atoms with van der Waals surface area (Å²) < 4.78 is 5.85. The fraction of sp³-hybridized carbons (Fsp3) is 0.350. The molecule has 28 heavy (non-hydrogen) atoms. The first kappa shape index (κ1) is 20.1. The Morgan fingerprint density at radius 1 is 1.07 bits per heavy atom. The van der Waals surface area contributed by atoms with Crippen molar-refractivity contribution in [2.45, 2.75) is 0 Å². The summed E-state index contributed by atoms with van der Waals surface area (Å²) in [4.78, 5) is 9.60. The number of hydrogen-bond donors (Lipinski definition) is 0. The minimum Gasteiger partial charge on any atom is -0.492 e. The van der Waals surface area contributed by atoms with Crippen molar-refractivity contribution in [3.63, 3.8) is 0 Å². The molecular weight excluding hydrogens is 378 g/mol. The summed E-state index contributed by atoms with van der Waals surface area (Å²) in [6.07, 6.45) is 3.32. The molecule has 0 saturated carbocycles. The van der Waals surface area contributed by atoms with Gasteiger partial charge in [0.05, 0.1) is 6.21 Å². The molecule has 1 aliphatic heterocycles. The summed E-state index contributed by atoms with van der Waals surface area (Å²) in [6, 6.07) is 11.5. The average Bonchev–Trinajstić information content (AvgIpc) is 2.73. The molecule has 148 valence electrons. The minimum atomic E-state index is 0.402. The van der Waals surface area contributed by atoms with Gasteiger partial charge in [-0.3, -0.25) is 4.90 Å². The first-order chi connectivity index (χ1) is 13.7. The van der Waals surface area contributed by atoms with E-state index in [0.29, 0.717) is 18.4 Å². The maximum atomic E-state index is 5.85. The standard InChI is InChI=1S/C20H24ClN5O2/c1-2-14-28-22-16-17-3-5-18(6-4-17)27-15-13-25-9-11-26(12-10-25)20-8-7-19(21)23-24-20/h2-8,16H,1,9-15H2. The van der Waals surface area contributed by atoms with Crippen LogP contribution in [0.3, 0.4) is 0 Å². The molecule has 0 bridgehead atoms. The number of aromatic nitrogens is 2. The van der Waals surface area contributed by atoms with Gasteiger partial charge in [-0.2, -0.15) is 0 Å². The van der Waals surface area contributed by atoms with Crippen LogP contribution < -0.4 is 9.64 Å². The molecule has 0 amide bonds. The second-order valence-electron chi connectivity index (χ2n) is 6.28. The first-order valence-electron chi connectivity index (χ1n) is 9.20. The van der Waals surface area contributed by atoms with Crippen molar-refractivity contribution in [3.05, 3.63) is 59.8 Å². The van der Waals surface area contributed by atoms with Gasteiger partial charge in [0.2, 0.25) is 0 Å². The van der Waals surface area contributed by atoms with Crippen molar-refractivity contribution in [2.75, 3.05) is 50.8 Å². The van der Waals surface area contributed by atoms with Crippen molar-refractivity contribution in [2.24, 2.45) is 5.16 Å². The number of rotatable bonds is 9. The first-order valence-corrected chi connectivity index (χ1v) is 9.58. The Labute approximate surface area is 170 Å². The lowest BCUT2D eigenvalue weighted by atomic mass is 10.2. The fourth-order valence-electron chi connectivity index (χ4n) is 2.81. The van der Waals surface area contributed by atoms with Crippen LogP contribution >= 0.6 is 11.6 Å². The lowest BCUT2D eigenvalue weighted by Crippen LogP contribution is -2.47. The lowest BCUT2D eigenvalue weighted by molar-refractivity contribution is 0.176. The summed E-state index contributed by atoms with van der Waals surface area (Å²) in [5.41, 5.74) is 0.956. The Hall–Kier alpha value is -2.64. The van der Waals surface area contributed by atoms with Gasteiger partial charge < -0.3 is 14.5 Å². The molecule has 7 nitrogen and oxygen atoms in total. The number of piperazine rings is 1. The predicted molar refractivity (Wildman–Crippen MR) is 111 cm³/mol. The number of nitrogens with zero attached hydrogens (tertiary/aromatic N) is 5. The molecule has 1 saturated heterocycles. The van der Waals surface area contributed by atoms with E-state index < -0.39 is 0 Å². The van der Waals surface area contributed by atoms with Crippen LogP contribution in [-0.4, -0.2) is 67.2 Å². The van der Waals surface area contributed by atoms with E-state index in [1.54, 1.807) is 18.4 Å². The van der Waals surface area contributed by atoms with E-state index in [1.165, 1.54) is 0 Å². The van der Waals surface area contributed by atoms with E-state index in [0.717, 1.165) is 49.9 Å². The van der Waals surface area contributed by atoms with Gasteiger partial charge in [0.25, 0.3) is 0 Å². The highest BCUT2D eigenvalue weighted by molar-refractivity contribution is 6.29. The molecule has 8 heteroatoms. The molecule has 0 aliphatic carbocycles. The van der Waals surface area contributed by atoms with Crippen LogP contribution in [0.2, 0.25) is 5.15 Å². The van der Waals surface area contributed by atoms with Gasteiger partial charge in [0.15, 0.2) is 11.0 Å². The Balaban J connectivity index is 1.36. The van der Waals surface area contributed by atoms with Gasteiger partial charge in [-0.25, -0.2) is 0 Å². The number of ether oxygens (including phenoxy) is 1. The zero-order chi connectivity index (χ0) is 19.6. The van der Waals surface area contributed by atoms with E-state index in [1.807, 2.05) is 30.3 Å². The fourth-order valence-corrected chi connectivity index (χ4v) is 2.92. The topological polar surface area (TPSA) is 63.1 Å². The molecule has 0 atom stereocenters. The van der Waals surface area contributed by atoms with Crippen molar-refractivity contribution in [1.82, 2.24) is 15.1 Å². The van der Waals surface area contributed by atoms with Gasteiger partial charge in [-0.1, -0.05) is 29.4 Å². The maximum absolute atomic E-state index is 5.85. The van der Waals surface area contributed by atoms with Crippen LogP contribution in [0.1, 0.15) is 5.56 Å². The second kappa shape index (κ2) is 10.6. The van der Waals surface area contributed by atoms with E-state index >= 15 is 0 Å². The lowest BCUT2D eigenvalue weighted by Gasteiger charge is -2.35. The van der Waals surface area contributed by atoms with E-state index in [-0.39, 0.29) is 0 Å². The van der Waals surface area contributed by atoms with Gasteiger partial charge in [-0.15, -0.1) is 10.2 Å². The summed E-state index contributed by atoms with van der Waals surface area (Å²) in [6.45, 7) is 9.27. The summed E-state index contributed by atoms with van der Waals surface area (Å²) in [5, 5.41) is 12.3. The highest BCUT2D eigenvalue weighted by Crippen LogP contribution is 2.15. The molecule has 0 radical (unpaired) electrons. The Morgan fingerprint density at radius 3 is 2.54 bits per heavy atom. The number of benzene rings is 1. The average molecular weight is 402 g/mol. The molecular formula is C20H24ClN5O2. The Bertz CT molecular complexity index is 759. The Kier molecular flexibility index (Phi) is 7.63. The van der Waals surface area contributed by atoms with Crippen molar-refractivity contribution >= 4 is 23.6 Å². The zero-order valence-corrected chi connectivity index (χ0v) is 16.5. The van der Waals surface area contributed by atoms with Crippen LogP contribution in [0.25, 0.3) is 0 Å². The van der Waals surface area contributed by atoms with Gasteiger partial charge in [-0.05, 0) is 42.0 Å². The van der Waals surface area contributed by atoms with Crippen LogP contribution in [0, 0.1) is 0 Å². The monoisotopic (exact) mass is 401 g/mol. The smallest absolute Gasteiger partial charge is 0.151 e. The van der Waals surface area contributed by atoms with Crippen LogP contribution in [0.15, 0.2) is 54.2 Å². The molecule has 0 spiro atoms. The maximum Gasteiger partial charge on any atom is 0.151 e. The number of halogens is 1. The molecule has 0 N–H and O–H groups in total. The molecule has 1 aromatic carbocycles. The second-order valence-corrected chi connectivity index (χ2v) is 6.67. The molecule has 2 aromatic rings. The highest BCUT2D eigenvalue weighted by Gasteiger charge is 2.18. The van der Waals surface area contributed by atoms with Crippen molar-refractivity contribution in [3.8, 4) is 5.75 Å². The third-order valence-electron chi connectivity index (χ3n) is 4.34. The number of hydrogen-bond acceptors (Lipinski definition) is 7. The molecule has 0 unspecified atom stereocenters. The van der Waals surface area contributed by atoms with Crippen LogP contribution in [-0.2, 0) is 4.84 Å². The SMILES string of the molecule is C=CCON=Cc1ccc(OCCN2CCN(c3ccc(Cl)nn3)CC2)cc1. The molecule has 1 fully saturated rings. The Morgan fingerprint density at radius 2 is 1.86 bits per heavy atom. The number of anilines is 1. The third kappa shape index (κ3) is 6.21. The van der Waals surface area contributed by atoms with Crippen molar-refractivity contribution < 1.29 is 9.57 Å². The van der Waals surface area contributed by atoms with E-state index in [9.17, 15) is 0 Å². The predicted octanol–water partition coefficient (Wildman–Crippen LogP) is 2.87. The number of oxime groups is 1. The molecule has 1 aromatic heterocycles. The van der Waals surface area contributed by atoms with Crippen LogP contribution in [0.5, 0.6) is 5.75 Å². The van der Waals surface area contributed by atoms with Crippen LogP contribution in [0.4, 0.5) is 5.82 Å². The summed E-state index contributed by atoms with van der Waals surface area (Å²) >= 11 is 5.79.